The third-order valence-corrected chi connectivity index (χ3v) is 1.88. The van der Waals surface area contributed by atoms with Gasteiger partial charge in [-0.3, -0.25) is 4.79 Å². The Bertz CT molecular complexity index is 137. The zero-order valence-electron chi connectivity index (χ0n) is 8.71. The Morgan fingerprint density at radius 2 is 2.23 bits per heavy atom. The van der Waals surface area contributed by atoms with E-state index >= 15 is 0 Å². The van der Waals surface area contributed by atoms with Gasteiger partial charge in [-0.05, 0) is 5.92 Å². The van der Waals surface area contributed by atoms with Crippen LogP contribution in [-0.2, 0) is 9.53 Å². The van der Waals surface area contributed by atoms with E-state index in [0.717, 1.165) is 12.8 Å². The molecule has 0 aliphatic heterocycles. The summed E-state index contributed by atoms with van der Waals surface area (Å²) in [4.78, 5) is 11.2. The van der Waals surface area contributed by atoms with Crippen LogP contribution >= 0.6 is 0 Å². The molecule has 78 valence electrons. The number of hydrogen-bond donors (Lipinski definition) is 1. The van der Waals surface area contributed by atoms with Gasteiger partial charge in [0.05, 0.1) is 6.61 Å². The molecule has 0 fully saturated rings. The zero-order chi connectivity index (χ0) is 10.1. The molecule has 0 amide bonds. The standard InChI is InChI=1S/C10H21NO2/c1-3-4-9(2)7-10(12)8-13-6-5-11/h9H,3-8,11H2,1-2H3. The molecule has 1 unspecified atom stereocenters. The van der Waals surface area contributed by atoms with E-state index in [1.54, 1.807) is 0 Å². The van der Waals surface area contributed by atoms with Crippen molar-refractivity contribution in [2.75, 3.05) is 19.8 Å². The third-order valence-electron chi connectivity index (χ3n) is 1.88. The average molecular weight is 187 g/mol. The van der Waals surface area contributed by atoms with Crippen LogP contribution in [0, 0.1) is 5.92 Å². The number of rotatable bonds is 8. The Morgan fingerprint density at radius 3 is 2.77 bits per heavy atom. The van der Waals surface area contributed by atoms with Crippen molar-refractivity contribution in [1.82, 2.24) is 0 Å². The molecule has 0 rings (SSSR count). The molecule has 0 aromatic heterocycles. The predicted molar refractivity (Wildman–Crippen MR) is 53.6 cm³/mol. The van der Waals surface area contributed by atoms with Gasteiger partial charge in [-0.1, -0.05) is 26.7 Å². The largest absolute Gasteiger partial charge is 0.372 e. The van der Waals surface area contributed by atoms with Crippen LogP contribution in [0.4, 0.5) is 0 Å². The number of carbonyl (C=O) groups is 1. The van der Waals surface area contributed by atoms with Crippen molar-refractivity contribution in [2.45, 2.75) is 33.1 Å². The van der Waals surface area contributed by atoms with Crippen molar-refractivity contribution in [1.29, 1.82) is 0 Å². The van der Waals surface area contributed by atoms with Crippen molar-refractivity contribution < 1.29 is 9.53 Å². The Balaban J connectivity index is 3.38. The molecule has 0 saturated heterocycles. The van der Waals surface area contributed by atoms with Gasteiger partial charge in [-0.25, -0.2) is 0 Å². The van der Waals surface area contributed by atoms with Crippen LogP contribution in [0.2, 0.25) is 0 Å². The summed E-state index contributed by atoms with van der Waals surface area (Å²) in [7, 11) is 0. The number of hydrogen-bond acceptors (Lipinski definition) is 3. The molecule has 0 bridgehead atoms. The summed E-state index contributed by atoms with van der Waals surface area (Å²) in [5.41, 5.74) is 5.23. The van der Waals surface area contributed by atoms with Gasteiger partial charge in [0.1, 0.15) is 6.61 Å². The lowest BCUT2D eigenvalue weighted by molar-refractivity contribution is -0.124. The number of carbonyl (C=O) groups excluding carboxylic acids is 1. The molecule has 0 aliphatic carbocycles. The predicted octanol–water partition coefficient (Wildman–Crippen LogP) is 1.36. The third kappa shape index (κ3) is 7.94. The Hall–Kier alpha value is -0.410. The van der Waals surface area contributed by atoms with Gasteiger partial charge in [0, 0.05) is 13.0 Å². The fourth-order valence-corrected chi connectivity index (χ4v) is 1.31. The van der Waals surface area contributed by atoms with E-state index in [1.165, 1.54) is 0 Å². The first-order chi connectivity index (χ1) is 6.20. The van der Waals surface area contributed by atoms with Gasteiger partial charge in [-0.15, -0.1) is 0 Å². The molecule has 0 radical (unpaired) electrons. The molecule has 0 spiro atoms. The first kappa shape index (κ1) is 12.6. The van der Waals surface area contributed by atoms with Crippen LogP contribution in [0.25, 0.3) is 0 Å². The summed E-state index contributed by atoms with van der Waals surface area (Å²) in [5.74, 6) is 0.674. The van der Waals surface area contributed by atoms with E-state index in [4.69, 9.17) is 10.5 Å². The van der Waals surface area contributed by atoms with Crippen LogP contribution in [0.3, 0.4) is 0 Å². The van der Waals surface area contributed by atoms with Gasteiger partial charge in [0.2, 0.25) is 0 Å². The maximum Gasteiger partial charge on any atom is 0.158 e. The van der Waals surface area contributed by atoms with Gasteiger partial charge < -0.3 is 10.5 Å². The van der Waals surface area contributed by atoms with Crippen LogP contribution in [0.1, 0.15) is 33.1 Å². The quantitative estimate of drug-likeness (QED) is 0.584. The maximum absolute atomic E-state index is 11.2. The molecule has 2 N–H and O–H groups in total. The molecular formula is C10H21NO2. The van der Waals surface area contributed by atoms with Crippen LogP contribution in [0.5, 0.6) is 0 Å². The smallest absolute Gasteiger partial charge is 0.158 e. The van der Waals surface area contributed by atoms with E-state index in [-0.39, 0.29) is 12.4 Å². The first-order valence-corrected chi connectivity index (χ1v) is 5.00. The topological polar surface area (TPSA) is 52.3 Å². The lowest BCUT2D eigenvalue weighted by atomic mass is 10.00. The highest BCUT2D eigenvalue weighted by atomic mass is 16.5. The lowest BCUT2D eigenvalue weighted by Crippen LogP contribution is -2.16. The molecule has 0 aliphatic rings. The number of nitrogens with two attached hydrogens (primary N) is 1. The Kier molecular flexibility index (Phi) is 7.94. The normalized spacial score (nSPS) is 12.8. The fraction of sp³-hybridized carbons (Fsp3) is 0.900. The van der Waals surface area contributed by atoms with E-state index in [0.29, 0.717) is 25.5 Å². The molecule has 0 saturated carbocycles. The fourth-order valence-electron chi connectivity index (χ4n) is 1.31. The lowest BCUT2D eigenvalue weighted by Gasteiger charge is -2.08. The van der Waals surface area contributed by atoms with Crippen LogP contribution < -0.4 is 5.73 Å². The Morgan fingerprint density at radius 1 is 1.54 bits per heavy atom. The molecule has 3 nitrogen and oxygen atoms in total. The van der Waals surface area contributed by atoms with Crippen molar-refractivity contribution in [2.24, 2.45) is 11.7 Å². The van der Waals surface area contributed by atoms with Gasteiger partial charge in [0.15, 0.2) is 5.78 Å². The average Bonchev–Trinajstić information content (AvgIpc) is 2.05. The first-order valence-electron chi connectivity index (χ1n) is 5.00. The minimum Gasteiger partial charge on any atom is -0.372 e. The Labute approximate surface area is 80.6 Å². The van der Waals surface area contributed by atoms with Crippen molar-refractivity contribution in [3.63, 3.8) is 0 Å². The second-order valence-electron chi connectivity index (χ2n) is 3.48. The zero-order valence-corrected chi connectivity index (χ0v) is 8.71. The molecular weight excluding hydrogens is 166 g/mol. The van der Waals surface area contributed by atoms with Gasteiger partial charge in [-0.2, -0.15) is 0 Å². The molecule has 3 heteroatoms. The summed E-state index contributed by atoms with van der Waals surface area (Å²) in [6, 6.07) is 0. The molecule has 13 heavy (non-hydrogen) atoms. The highest BCUT2D eigenvalue weighted by Gasteiger charge is 2.07. The van der Waals surface area contributed by atoms with E-state index in [1.807, 2.05) is 0 Å². The van der Waals surface area contributed by atoms with Crippen LogP contribution in [0.15, 0.2) is 0 Å². The number of Topliss-reactive ketones (excluding diaryl/α,β-unsaturated/α-hetero) is 1. The minimum atomic E-state index is 0.189. The monoisotopic (exact) mass is 187 g/mol. The van der Waals surface area contributed by atoms with Crippen LogP contribution in [-0.4, -0.2) is 25.5 Å². The highest BCUT2D eigenvalue weighted by molar-refractivity contribution is 5.79. The van der Waals surface area contributed by atoms with Crippen molar-refractivity contribution >= 4 is 5.78 Å². The summed E-state index contributed by atoms with van der Waals surface area (Å²) >= 11 is 0. The van der Waals surface area contributed by atoms with Crippen molar-refractivity contribution in [3.8, 4) is 0 Å². The molecule has 0 heterocycles. The number of ketones is 1. The molecule has 0 aromatic carbocycles. The summed E-state index contributed by atoms with van der Waals surface area (Å²) in [6.07, 6.45) is 2.89. The number of ether oxygens (including phenoxy) is 1. The van der Waals surface area contributed by atoms with E-state index < -0.39 is 0 Å². The summed E-state index contributed by atoms with van der Waals surface area (Å²) in [6.45, 7) is 5.42. The van der Waals surface area contributed by atoms with Crippen molar-refractivity contribution in [3.05, 3.63) is 0 Å². The minimum absolute atomic E-state index is 0.189. The van der Waals surface area contributed by atoms with E-state index in [2.05, 4.69) is 13.8 Å². The SMILES string of the molecule is CCCC(C)CC(=O)COCCN. The summed E-state index contributed by atoms with van der Waals surface area (Å²) < 4.78 is 5.05. The van der Waals surface area contributed by atoms with E-state index in [9.17, 15) is 4.79 Å². The second-order valence-corrected chi connectivity index (χ2v) is 3.48. The van der Waals surface area contributed by atoms with Gasteiger partial charge >= 0.3 is 0 Å². The second kappa shape index (κ2) is 8.20. The molecule has 1 atom stereocenters. The summed E-state index contributed by atoms with van der Waals surface area (Å²) in [5, 5.41) is 0. The van der Waals surface area contributed by atoms with Gasteiger partial charge in [0.25, 0.3) is 0 Å². The highest BCUT2D eigenvalue weighted by Crippen LogP contribution is 2.09. The molecule has 0 aromatic rings. The maximum atomic E-state index is 11.2.